The Labute approximate surface area is 105 Å². The smallest absolute Gasteiger partial charge is 0.0640 e. The Morgan fingerprint density at radius 2 is 1.59 bits per heavy atom. The summed E-state index contributed by atoms with van der Waals surface area (Å²) in [6.45, 7) is 8.52. The van der Waals surface area contributed by atoms with Crippen LogP contribution in [0.1, 0.15) is 57.2 Å². The van der Waals surface area contributed by atoms with E-state index in [-0.39, 0.29) is 11.6 Å². The SMILES string of the molecule is COC(C)(C)CC(N)c1ccc(C(C)C)cc1. The minimum absolute atomic E-state index is 0.0335. The Bertz CT molecular complexity index is 340. The summed E-state index contributed by atoms with van der Waals surface area (Å²) in [5.74, 6) is 0.565. The number of benzene rings is 1. The van der Waals surface area contributed by atoms with E-state index in [9.17, 15) is 0 Å². The second kappa shape index (κ2) is 5.65. The van der Waals surface area contributed by atoms with Gasteiger partial charge in [0.1, 0.15) is 0 Å². The number of hydrogen-bond donors (Lipinski definition) is 1. The molecular weight excluding hydrogens is 210 g/mol. The molecule has 1 aromatic rings. The predicted molar refractivity (Wildman–Crippen MR) is 73.2 cm³/mol. The van der Waals surface area contributed by atoms with E-state index in [4.69, 9.17) is 10.5 Å². The van der Waals surface area contributed by atoms with E-state index in [1.807, 2.05) is 0 Å². The van der Waals surface area contributed by atoms with Gasteiger partial charge in [0.25, 0.3) is 0 Å². The normalized spacial score (nSPS) is 14.1. The van der Waals surface area contributed by atoms with Gasteiger partial charge in [-0.1, -0.05) is 38.1 Å². The first kappa shape index (κ1) is 14.2. The standard InChI is InChI=1S/C15H25NO/c1-11(2)12-6-8-13(9-7-12)14(16)10-15(3,4)17-5/h6-9,11,14H,10,16H2,1-5H3. The Hall–Kier alpha value is -0.860. The fourth-order valence-electron chi connectivity index (χ4n) is 1.86. The van der Waals surface area contributed by atoms with Crippen LogP contribution in [-0.4, -0.2) is 12.7 Å². The van der Waals surface area contributed by atoms with E-state index >= 15 is 0 Å². The maximum Gasteiger partial charge on any atom is 0.0640 e. The summed E-state index contributed by atoms with van der Waals surface area (Å²) in [5.41, 5.74) is 8.57. The summed E-state index contributed by atoms with van der Waals surface area (Å²) < 4.78 is 5.41. The van der Waals surface area contributed by atoms with Crippen LogP contribution in [0, 0.1) is 0 Å². The average molecular weight is 235 g/mol. The minimum atomic E-state index is -0.170. The lowest BCUT2D eigenvalue weighted by molar-refractivity contribution is 0.00995. The zero-order valence-corrected chi connectivity index (χ0v) is 11.7. The summed E-state index contributed by atoms with van der Waals surface area (Å²) in [7, 11) is 1.73. The van der Waals surface area contributed by atoms with Crippen molar-refractivity contribution in [3.8, 4) is 0 Å². The van der Waals surface area contributed by atoms with Crippen LogP contribution in [0.25, 0.3) is 0 Å². The third kappa shape index (κ3) is 4.14. The molecule has 2 nitrogen and oxygen atoms in total. The lowest BCUT2D eigenvalue weighted by Gasteiger charge is -2.26. The zero-order chi connectivity index (χ0) is 13.1. The zero-order valence-electron chi connectivity index (χ0n) is 11.7. The van der Waals surface area contributed by atoms with Gasteiger partial charge in [-0.05, 0) is 37.3 Å². The number of ether oxygens (including phenoxy) is 1. The third-order valence-electron chi connectivity index (χ3n) is 3.30. The largest absolute Gasteiger partial charge is 0.379 e. The van der Waals surface area contributed by atoms with Crippen molar-refractivity contribution in [3.05, 3.63) is 35.4 Å². The van der Waals surface area contributed by atoms with E-state index in [0.29, 0.717) is 5.92 Å². The van der Waals surface area contributed by atoms with Crippen molar-refractivity contribution in [2.75, 3.05) is 7.11 Å². The van der Waals surface area contributed by atoms with Crippen molar-refractivity contribution in [1.82, 2.24) is 0 Å². The molecule has 0 saturated carbocycles. The predicted octanol–water partition coefficient (Wildman–Crippen LogP) is 3.62. The lowest BCUT2D eigenvalue weighted by atomic mass is 9.92. The van der Waals surface area contributed by atoms with E-state index in [0.717, 1.165) is 6.42 Å². The molecule has 0 heterocycles. The molecular formula is C15H25NO. The number of rotatable bonds is 5. The van der Waals surface area contributed by atoms with Crippen LogP contribution in [0.4, 0.5) is 0 Å². The summed E-state index contributed by atoms with van der Waals surface area (Å²) >= 11 is 0. The second-order valence-electron chi connectivity index (χ2n) is 5.60. The maximum atomic E-state index is 6.20. The van der Waals surface area contributed by atoms with Gasteiger partial charge in [-0.3, -0.25) is 0 Å². The molecule has 1 rings (SSSR count). The summed E-state index contributed by atoms with van der Waals surface area (Å²) in [6.07, 6.45) is 0.824. The number of nitrogens with two attached hydrogens (primary N) is 1. The molecule has 2 N–H and O–H groups in total. The molecule has 0 radical (unpaired) electrons. The molecule has 0 bridgehead atoms. The highest BCUT2D eigenvalue weighted by Crippen LogP contribution is 2.25. The highest BCUT2D eigenvalue weighted by atomic mass is 16.5. The molecule has 96 valence electrons. The Kier molecular flexibility index (Phi) is 4.72. The van der Waals surface area contributed by atoms with Crippen LogP contribution in [0.3, 0.4) is 0 Å². The quantitative estimate of drug-likeness (QED) is 0.846. The van der Waals surface area contributed by atoms with Crippen molar-refractivity contribution in [1.29, 1.82) is 0 Å². The van der Waals surface area contributed by atoms with Gasteiger partial charge in [0.2, 0.25) is 0 Å². The highest BCUT2D eigenvalue weighted by Gasteiger charge is 2.21. The molecule has 0 aromatic heterocycles. The third-order valence-corrected chi connectivity index (χ3v) is 3.30. The molecule has 0 fully saturated rings. The molecule has 0 saturated heterocycles. The van der Waals surface area contributed by atoms with Gasteiger partial charge in [-0.25, -0.2) is 0 Å². The highest BCUT2D eigenvalue weighted by molar-refractivity contribution is 5.26. The molecule has 1 atom stereocenters. The Morgan fingerprint density at radius 3 is 2.00 bits per heavy atom. The molecule has 2 heteroatoms. The summed E-state index contributed by atoms with van der Waals surface area (Å²) in [6, 6.07) is 8.63. The van der Waals surface area contributed by atoms with Crippen molar-refractivity contribution in [2.45, 2.75) is 51.7 Å². The maximum absolute atomic E-state index is 6.20. The van der Waals surface area contributed by atoms with Crippen LogP contribution in [0.2, 0.25) is 0 Å². The average Bonchev–Trinajstić information content (AvgIpc) is 2.28. The van der Waals surface area contributed by atoms with Crippen LogP contribution >= 0.6 is 0 Å². The fraction of sp³-hybridized carbons (Fsp3) is 0.600. The number of methoxy groups -OCH3 is 1. The first-order valence-electron chi connectivity index (χ1n) is 6.26. The first-order chi connectivity index (χ1) is 7.85. The van der Waals surface area contributed by atoms with Crippen LogP contribution in [-0.2, 0) is 4.74 Å². The van der Waals surface area contributed by atoms with Crippen LogP contribution in [0.5, 0.6) is 0 Å². The lowest BCUT2D eigenvalue weighted by Crippen LogP contribution is -2.28. The molecule has 0 spiro atoms. The molecule has 1 aromatic carbocycles. The molecule has 0 aliphatic carbocycles. The van der Waals surface area contributed by atoms with Crippen LogP contribution in [0.15, 0.2) is 24.3 Å². The Balaban J connectivity index is 2.73. The van der Waals surface area contributed by atoms with Gasteiger partial charge in [0.05, 0.1) is 5.60 Å². The van der Waals surface area contributed by atoms with Gasteiger partial charge in [-0.15, -0.1) is 0 Å². The van der Waals surface area contributed by atoms with Crippen LogP contribution < -0.4 is 5.73 Å². The van der Waals surface area contributed by atoms with Gasteiger partial charge in [0, 0.05) is 13.2 Å². The molecule has 0 amide bonds. The van der Waals surface area contributed by atoms with Gasteiger partial charge in [-0.2, -0.15) is 0 Å². The van der Waals surface area contributed by atoms with Gasteiger partial charge >= 0.3 is 0 Å². The van der Waals surface area contributed by atoms with Crippen molar-refractivity contribution in [2.24, 2.45) is 5.73 Å². The van der Waals surface area contributed by atoms with Gasteiger partial charge < -0.3 is 10.5 Å². The fourth-order valence-corrected chi connectivity index (χ4v) is 1.86. The molecule has 1 unspecified atom stereocenters. The second-order valence-corrected chi connectivity index (χ2v) is 5.60. The van der Waals surface area contributed by atoms with Crippen molar-refractivity contribution >= 4 is 0 Å². The van der Waals surface area contributed by atoms with Crippen molar-refractivity contribution < 1.29 is 4.74 Å². The van der Waals surface area contributed by atoms with E-state index < -0.39 is 0 Å². The summed E-state index contributed by atoms with van der Waals surface area (Å²) in [5, 5.41) is 0. The first-order valence-corrected chi connectivity index (χ1v) is 6.26. The van der Waals surface area contributed by atoms with Gasteiger partial charge in [0.15, 0.2) is 0 Å². The number of hydrogen-bond acceptors (Lipinski definition) is 2. The van der Waals surface area contributed by atoms with E-state index in [1.54, 1.807) is 7.11 Å². The monoisotopic (exact) mass is 235 g/mol. The summed E-state index contributed by atoms with van der Waals surface area (Å²) in [4.78, 5) is 0. The van der Waals surface area contributed by atoms with E-state index in [1.165, 1.54) is 11.1 Å². The Morgan fingerprint density at radius 1 is 1.12 bits per heavy atom. The molecule has 0 aliphatic heterocycles. The topological polar surface area (TPSA) is 35.2 Å². The minimum Gasteiger partial charge on any atom is -0.379 e. The molecule has 0 aliphatic rings. The van der Waals surface area contributed by atoms with Crippen molar-refractivity contribution in [3.63, 3.8) is 0 Å². The molecule has 17 heavy (non-hydrogen) atoms. The van der Waals surface area contributed by atoms with E-state index in [2.05, 4.69) is 52.0 Å².